The van der Waals surface area contributed by atoms with Gasteiger partial charge >= 0.3 is 0 Å². The smallest absolute Gasteiger partial charge is 0.273 e. The molecular weight excluding hydrogens is 402 g/mol. The Morgan fingerprint density at radius 1 is 1.23 bits per heavy atom. The Balaban J connectivity index is 1.57. The number of aromatic nitrogens is 5. The van der Waals surface area contributed by atoms with Gasteiger partial charge in [0.2, 0.25) is 0 Å². The van der Waals surface area contributed by atoms with Crippen molar-refractivity contribution < 1.29 is 4.79 Å². The number of halogens is 1. The molecule has 0 radical (unpaired) electrons. The molecule has 5 rings (SSSR count). The third kappa shape index (κ3) is 3.23. The van der Waals surface area contributed by atoms with Gasteiger partial charge in [0.25, 0.3) is 5.91 Å². The van der Waals surface area contributed by atoms with E-state index >= 15 is 0 Å². The lowest BCUT2D eigenvalue weighted by Gasteiger charge is -2.20. The van der Waals surface area contributed by atoms with E-state index in [0.29, 0.717) is 27.6 Å². The molecule has 4 aromatic rings. The van der Waals surface area contributed by atoms with E-state index in [1.165, 1.54) is 6.33 Å². The van der Waals surface area contributed by atoms with E-state index in [4.69, 9.17) is 16.6 Å². The third-order valence-electron chi connectivity index (χ3n) is 5.44. The minimum absolute atomic E-state index is 0.0716. The highest BCUT2D eigenvalue weighted by atomic mass is 35.5. The van der Waals surface area contributed by atoms with Crippen LogP contribution in [0.1, 0.15) is 42.0 Å². The maximum Gasteiger partial charge on any atom is 0.273 e. The Labute approximate surface area is 177 Å². The Hall–Kier alpha value is -3.26. The molecule has 9 heteroatoms. The molecule has 0 saturated carbocycles. The Bertz CT molecular complexity index is 1250. The zero-order valence-electron chi connectivity index (χ0n) is 16.4. The predicted octanol–water partition coefficient (Wildman–Crippen LogP) is 3.96. The number of aromatic amines is 1. The number of benzene rings is 1. The number of imidazole rings is 1. The number of H-pyrrole nitrogens is 1. The molecule has 1 aliphatic rings. The van der Waals surface area contributed by atoms with Crippen LogP contribution in [0.2, 0.25) is 5.02 Å². The lowest BCUT2D eigenvalue weighted by Crippen LogP contribution is -2.29. The van der Waals surface area contributed by atoms with Crippen LogP contribution >= 0.6 is 11.6 Å². The Kier molecular flexibility index (Phi) is 4.71. The van der Waals surface area contributed by atoms with Crippen LogP contribution in [-0.2, 0) is 0 Å². The molecule has 1 aliphatic heterocycles. The summed E-state index contributed by atoms with van der Waals surface area (Å²) in [4.78, 5) is 35.5. The highest BCUT2D eigenvalue weighted by molar-refractivity contribution is 6.36. The number of carbonyl (C=O) groups excluding carboxylic acids is 1. The number of nitrogens with one attached hydrogen (secondary N) is 2. The van der Waals surface area contributed by atoms with Gasteiger partial charge in [-0.2, -0.15) is 0 Å². The number of nitrogens with zero attached hydrogens (tertiary/aromatic N) is 5. The second kappa shape index (κ2) is 7.53. The molecule has 0 aliphatic carbocycles. The summed E-state index contributed by atoms with van der Waals surface area (Å²) >= 11 is 6.47. The zero-order valence-corrected chi connectivity index (χ0v) is 17.1. The van der Waals surface area contributed by atoms with Gasteiger partial charge in [0.1, 0.15) is 17.5 Å². The van der Waals surface area contributed by atoms with Gasteiger partial charge in [-0.3, -0.25) is 4.79 Å². The van der Waals surface area contributed by atoms with Crippen molar-refractivity contribution in [1.29, 1.82) is 0 Å². The molecule has 8 nitrogen and oxygen atoms in total. The molecule has 0 spiro atoms. The summed E-state index contributed by atoms with van der Waals surface area (Å²) in [6.07, 6.45) is 5.08. The van der Waals surface area contributed by atoms with Crippen molar-refractivity contribution in [3.05, 3.63) is 53.3 Å². The highest BCUT2D eigenvalue weighted by Crippen LogP contribution is 2.31. The first kappa shape index (κ1) is 18.7. The molecule has 0 bridgehead atoms. The molecule has 30 heavy (non-hydrogen) atoms. The van der Waals surface area contributed by atoms with Crippen LogP contribution in [0.15, 0.2) is 36.9 Å². The largest absolute Gasteiger partial charge is 0.360 e. The average Bonchev–Trinajstić information content (AvgIpc) is 3.45. The van der Waals surface area contributed by atoms with Gasteiger partial charge in [0.15, 0.2) is 11.5 Å². The summed E-state index contributed by atoms with van der Waals surface area (Å²) in [7, 11) is 0. The standard InChI is InChI=1S/C21H20ClN7O/c1-12(27-20-18-19(24-10-23-18)25-11-26-20)15-9-13-5-4-6-14(22)16(13)17(28-15)21(30)29-7-2-3-8-29/h4-6,9-12H,2-3,7-8H2,1H3,(H2,23,24,25,26,27). The number of hydrogen-bond donors (Lipinski definition) is 2. The van der Waals surface area contributed by atoms with Crippen LogP contribution in [-0.4, -0.2) is 48.8 Å². The van der Waals surface area contributed by atoms with Crippen LogP contribution in [0.25, 0.3) is 21.9 Å². The van der Waals surface area contributed by atoms with E-state index in [1.807, 2.05) is 30.0 Å². The molecule has 1 amide bonds. The maximum atomic E-state index is 13.2. The fraction of sp³-hybridized carbons (Fsp3) is 0.286. The molecule has 1 unspecified atom stereocenters. The van der Waals surface area contributed by atoms with Gasteiger partial charge in [-0.1, -0.05) is 23.7 Å². The highest BCUT2D eigenvalue weighted by Gasteiger charge is 2.25. The molecule has 1 aromatic carbocycles. The van der Waals surface area contributed by atoms with E-state index in [0.717, 1.165) is 42.5 Å². The summed E-state index contributed by atoms with van der Waals surface area (Å²) in [6.45, 7) is 3.49. The number of hydrogen-bond acceptors (Lipinski definition) is 6. The molecule has 152 valence electrons. The molecule has 4 heterocycles. The first-order chi connectivity index (χ1) is 14.6. The molecule has 1 saturated heterocycles. The van der Waals surface area contributed by atoms with Gasteiger partial charge in [-0.15, -0.1) is 0 Å². The normalized spacial score (nSPS) is 15.1. The Morgan fingerprint density at radius 3 is 2.90 bits per heavy atom. The van der Waals surface area contributed by atoms with Gasteiger partial charge in [0.05, 0.1) is 23.1 Å². The van der Waals surface area contributed by atoms with Crippen molar-refractivity contribution in [2.45, 2.75) is 25.8 Å². The summed E-state index contributed by atoms with van der Waals surface area (Å²) in [5.41, 5.74) is 2.45. The van der Waals surface area contributed by atoms with E-state index in [-0.39, 0.29) is 11.9 Å². The van der Waals surface area contributed by atoms with Crippen LogP contribution in [0.4, 0.5) is 5.82 Å². The van der Waals surface area contributed by atoms with Crippen molar-refractivity contribution in [3.8, 4) is 0 Å². The number of carbonyl (C=O) groups is 1. The van der Waals surface area contributed by atoms with E-state index in [1.54, 1.807) is 12.4 Å². The van der Waals surface area contributed by atoms with E-state index in [9.17, 15) is 4.79 Å². The SMILES string of the molecule is CC(Nc1ncnc2nc[nH]c12)c1cc2cccc(Cl)c2c(C(=O)N2CCCC2)n1. The van der Waals surface area contributed by atoms with Gasteiger partial charge in [-0.25, -0.2) is 19.9 Å². The lowest BCUT2D eigenvalue weighted by molar-refractivity contribution is 0.0789. The van der Waals surface area contributed by atoms with Crippen molar-refractivity contribution in [2.24, 2.45) is 0 Å². The molecule has 2 N–H and O–H groups in total. The monoisotopic (exact) mass is 421 g/mol. The van der Waals surface area contributed by atoms with Gasteiger partial charge in [-0.05, 0) is 37.3 Å². The van der Waals surface area contributed by atoms with Crippen molar-refractivity contribution in [3.63, 3.8) is 0 Å². The Morgan fingerprint density at radius 2 is 2.07 bits per heavy atom. The summed E-state index contributed by atoms with van der Waals surface area (Å²) in [6, 6.07) is 7.39. The molecule has 1 fully saturated rings. The second-order valence-electron chi connectivity index (χ2n) is 7.42. The average molecular weight is 422 g/mol. The summed E-state index contributed by atoms with van der Waals surface area (Å²) in [5.74, 6) is 0.558. The number of fused-ring (bicyclic) bond motifs is 2. The van der Waals surface area contributed by atoms with Gasteiger partial charge < -0.3 is 15.2 Å². The van der Waals surface area contributed by atoms with Crippen LogP contribution in [0, 0.1) is 0 Å². The topological polar surface area (TPSA) is 99.7 Å². The second-order valence-corrected chi connectivity index (χ2v) is 7.83. The van der Waals surface area contributed by atoms with E-state index < -0.39 is 0 Å². The fourth-order valence-corrected chi connectivity index (χ4v) is 4.16. The number of anilines is 1. The lowest BCUT2D eigenvalue weighted by atomic mass is 10.0. The summed E-state index contributed by atoms with van der Waals surface area (Å²) in [5, 5.41) is 5.48. The minimum Gasteiger partial charge on any atom is -0.360 e. The quantitative estimate of drug-likeness (QED) is 0.517. The minimum atomic E-state index is -0.208. The first-order valence-electron chi connectivity index (χ1n) is 9.91. The van der Waals surface area contributed by atoms with Crippen LogP contribution in [0.5, 0.6) is 0 Å². The summed E-state index contributed by atoms with van der Waals surface area (Å²) < 4.78 is 0. The molecule has 1 atom stereocenters. The fourth-order valence-electron chi connectivity index (χ4n) is 3.89. The molecule has 3 aromatic heterocycles. The van der Waals surface area contributed by atoms with Crippen LogP contribution in [0.3, 0.4) is 0 Å². The number of likely N-dealkylation sites (tertiary alicyclic amines) is 1. The number of amides is 1. The zero-order chi connectivity index (χ0) is 20.7. The van der Waals surface area contributed by atoms with Crippen molar-refractivity contribution in [2.75, 3.05) is 18.4 Å². The number of rotatable bonds is 4. The van der Waals surface area contributed by atoms with Crippen LogP contribution < -0.4 is 5.32 Å². The van der Waals surface area contributed by atoms with Crippen molar-refractivity contribution >= 4 is 45.3 Å². The van der Waals surface area contributed by atoms with E-state index in [2.05, 4.69) is 25.3 Å². The number of pyridine rings is 1. The van der Waals surface area contributed by atoms with Crippen molar-refractivity contribution in [1.82, 2.24) is 29.8 Å². The maximum absolute atomic E-state index is 13.2. The predicted molar refractivity (Wildman–Crippen MR) is 116 cm³/mol. The molecular formula is C21H20ClN7O. The third-order valence-corrected chi connectivity index (χ3v) is 5.76. The first-order valence-corrected chi connectivity index (χ1v) is 10.3. The van der Waals surface area contributed by atoms with Gasteiger partial charge in [0, 0.05) is 18.5 Å².